The molecule has 15 heavy (non-hydrogen) atoms. The molecule has 0 fully saturated rings. The lowest BCUT2D eigenvalue weighted by molar-refractivity contribution is 0.556. The van der Waals surface area contributed by atoms with Crippen molar-refractivity contribution in [1.82, 2.24) is 9.97 Å². The summed E-state index contributed by atoms with van der Waals surface area (Å²) in [4.78, 5) is 8.10. The molecular weight excluding hydrogens is 281 g/mol. The molecule has 78 valence electrons. The fourth-order valence-corrected chi connectivity index (χ4v) is 1.74. The number of aromatic nitrogens is 2. The van der Waals surface area contributed by atoms with Crippen LogP contribution < -0.4 is 5.32 Å². The standard InChI is InChI=1S/C9H7BrClN3O/c10-6-1-8(11)9(12-2-6)13-3-7-4-15-5-14-7/h1-2,4-5H,3H2,(H,12,13). The Morgan fingerprint density at radius 1 is 1.47 bits per heavy atom. The second-order valence-corrected chi connectivity index (χ2v) is 4.14. The maximum atomic E-state index is 5.97. The van der Waals surface area contributed by atoms with E-state index in [-0.39, 0.29) is 0 Å². The minimum absolute atomic E-state index is 0.533. The van der Waals surface area contributed by atoms with Gasteiger partial charge >= 0.3 is 0 Å². The van der Waals surface area contributed by atoms with E-state index in [0.29, 0.717) is 17.4 Å². The molecule has 0 spiro atoms. The lowest BCUT2D eigenvalue weighted by atomic mass is 10.4. The SMILES string of the molecule is Clc1cc(Br)cnc1NCc1cocn1. The number of hydrogen-bond acceptors (Lipinski definition) is 4. The molecule has 2 rings (SSSR count). The molecule has 0 radical (unpaired) electrons. The largest absolute Gasteiger partial charge is 0.451 e. The normalized spacial score (nSPS) is 10.3. The summed E-state index contributed by atoms with van der Waals surface area (Å²) in [6.45, 7) is 0.533. The van der Waals surface area contributed by atoms with Crippen LogP contribution in [0.25, 0.3) is 0 Å². The van der Waals surface area contributed by atoms with Crippen LogP contribution in [0, 0.1) is 0 Å². The smallest absolute Gasteiger partial charge is 0.180 e. The summed E-state index contributed by atoms with van der Waals surface area (Å²) in [6.07, 6.45) is 4.63. The van der Waals surface area contributed by atoms with Crippen LogP contribution >= 0.6 is 27.5 Å². The average Bonchev–Trinajstić information content (AvgIpc) is 2.69. The van der Waals surface area contributed by atoms with Crippen molar-refractivity contribution < 1.29 is 4.42 Å². The molecule has 0 amide bonds. The van der Waals surface area contributed by atoms with Gasteiger partial charge in [0.25, 0.3) is 0 Å². The van der Waals surface area contributed by atoms with E-state index < -0.39 is 0 Å². The van der Waals surface area contributed by atoms with Crippen LogP contribution in [-0.4, -0.2) is 9.97 Å². The minimum Gasteiger partial charge on any atom is -0.451 e. The Hall–Kier alpha value is -1.07. The van der Waals surface area contributed by atoms with Gasteiger partial charge in [0.1, 0.15) is 12.1 Å². The number of rotatable bonds is 3. The van der Waals surface area contributed by atoms with Crippen molar-refractivity contribution in [2.45, 2.75) is 6.54 Å². The lowest BCUT2D eigenvalue weighted by Crippen LogP contribution is -2.01. The van der Waals surface area contributed by atoms with Crippen molar-refractivity contribution in [3.8, 4) is 0 Å². The molecule has 0 aliphatic carbocycles. The number of pyridine rings is 1. The van der Waals surface area contributed by atoms with Gasteiger partial charge in [-0.15, -0.1) is 0 Å². The molecule has 6 heteroatoms. The van der Waals surface area contributed by atoms with Crippen LogP contribution in [0.3, 0.4) is 0 Å². The molecule has 2 aromatic heterocycles. The first-order chi connectivity index (χ1) is 7.25. The van der Waals surface area contributed by atoms with Crippen molar-refractivity contribution in [3.05, 3.63) is 40.1 Å². The van der Waals surface area contributed by atoms with Crippen molar-refractivity contribution in [1.29, 1.82) is 0 Å². The fourth-order valence-electron chi connectivity index (χ4n) is 1.04. The summed E-state index contributed by atoms with van der Waals surface area (Å²) in [5.41, 5.74) is 0.802. The molecule has 0 atom stereocenters. The first-order valence-electron chi connectivity index (χ1n) is 4.17. The Kier molecular flexibility index (Phi) is 3.23. The van der Waals surface area contributed by atoms with Gasteiger partial charge in [-0.25, -0.2) is 9.97 Å². The molecular formula is C9H7BrClN3O. The van der Waals surface area contributed by atoms with Crippen LogP contribution in [0.15, 0.2) is 33.8 Å². The average molecular weight is 289 g/mol. The van der Waals surface area contributed by atoms with E-state index >= 15 is 0 Å². The van der Waals surface area contributed by atoms with Crippen LogP contribution in [0.1, 0.15) is 5.69 Å². The predicted octanol–water partition coefficient (Wildman–Crippen LogP) is 3.10. The molecule has 0 bridgehead atoms. The molecule has 0 saturated carbocycles. The molecule has 2 aromatic rings. The highest BCUT2D eigenvalue weighted by atomic mass is 79.9. The van der Waals surface area contributed by atoms with Crippen molar-refractivity contribution in [2.24, 2.45) is 0 Å². The monoisotopic (exact) mass is 287 g/mol. The molecule has 0 aromatic carbocycles. The van der Waals surface area contributed by atoms with E-state index in [1.54, 1.807) is 18.5 Å². The van der Waals surface area contributed by atoms with E-state index in [9.17, 15) is 0 Å². The summed E-state index contributed by atoms with van der Waals surface area (Å²) in [6, 6.07) is 1.78. The first-order valence-corrected chi connectivity index (χ1v) is 5.35. The highest BCUT2D eigenvalue weighted by molar-refractivity contribution is 9.10. The number of anilines is 1. The number of hydrogen-bond donors (Lipinski definition) is 1. The summed E-state index contributed by atoms with van der Waals surface area (Å²) in [5, 5.41) is 3.62. The van der Waals surface area contributed by atoms with Gasteiger partial charge in [0.15, 0.2) is 6.39 Å². The maximum absolute atomic E-state index is 5.97. The number of halogens is 2. The Bertz CT molecular complexity index is 447. The van der Waals surface area contributed by atoms with Gasteiger partial charge in [-0.05, 0) is 22.0 Å². The number of nitrogens with zero attached hydrogens (tertiary/aromatic N) is 2. The van der Waals surface area contributed by atoms with Crippen LogP contribution in [0.5, 0.6) is 0 Å². The van der Waals surface area contributed by atoms with Gasteiger partial charge in [-0.1, -0.05) is 11.6 Å². The van der Waals surface area contributed by atoms with Crippen molar-refractivity contribution in [2.75, 3.05) is 5.32 Å². The molecule has 2 heterocycles. The van der Waals surface area contributed by atoms with Gasteiger partial charge < -0.3 is 9.73 Å². The third kappa shape index (κ3) is 2.70. The summed E-state index contributed by atoms with van der Waals surface area (Å²) < 4.78 is 5.69. The van der Waals surface area contributed by atoms with Gasteiger partial charge in [-0.3, -0.25) is 0 Å². The summed E-state index contributed by atoms with van der Waals surface area (Å²) >= 11 is 9.25. The minimum atomic E-state index is 0.533. The second kappa shape index (κ2) is 4.63. The zero-order valence-corrected chi connectivity index (χ0v) is 9.92. The molecule has 4 nitrogen and oxygen atoms in total. The molecule has 1 N–H and O–H groups in total. The Morgan fingerprint density at radius 2 is 2.33 bits per heavy atom. The lowest BCUT2D eigenvalue weighted by Gasteiger charge is -2.05. The van der Waals surface area contributed by atoms with Crippen molar-refractivity contribution in [3.63, 3.8) is 0 Å². The Labute approximate surface area is 99.8 Å². The number of nitrogens with one attached hydrogen (secondary N) is 1. The predicted molar refractivity (Wildman–Crippen MR) is 60.8 cm³/mol. The highest BCUT2D eigenvalue weighted by Gasteiger charge is 2.03. The van der Waals surface area contributed by atoms with Crippen LogP contribution in [-0.2, 0) is 6.54 Å². The Balaban J connectivity index is 2.05. The third-order valence-electron chi connectivity index (χ3n) is 1.73. The van der Waals surface area contributed by atoms with E-state index in [1.807, 2.05) is 0 Å². The zero-order chi connectivity index (χ0) is 10.7. The second-order valence-electron chi connectivity index (χ2n) is 2.82. The molecule has 0 saturated heterocycles. The Morgan fingerprint density at radius 3 is 3.00 bits per heavy atom. The first kappa shape index (κ1) is 10.4. The van der Waals surface area contributed by atoms with E-state index in [0.717, 1.165) is 10.2 Å². The molecule has 0 aliphatic heterocycles. The topological polar surface area (TPSA) is 51.0 Å². The van der Waals surface area contributed by atoms with Crippen LogP contribution in [0.4, 0.5) is 5.82 Å². The van der Waals surface area contributed by atoms with E-state index in [4.69, 9.17) is 16.0 Å². The van der Waals surface area contributed by atoms with Crippen LogP contribution in [0.2, 0.25) is 5.02 Å². The molecule has 0 aliphatic rings. The third-order valence-corrected chi connectivity index (χ3v) is 2.45. The van der Waals surface area contributed by atoms with E-state index in [2.05, 4.69) is 31.2 Å². The van der Waals surface area contributed by atoms with Gasteiger partial charge in [0, 0.05) is 10.7 Å². The highest BCUT2D eigenvalue weighted by Crippen LogP contribution is 2.22. The summed E-state index contributed by atoms with van der Waals surface area (Å²) in [7, 11) is 0. The maximum Gasteiger partial charge on any atom is 0.180 e. The summed E-state index contributed by atoms with van der Waals surface area (Å²) in [5.74, 6) is 0.628. The zero-order valence-electron chi connectivity index (χ0n) is 7.58. The van der Waals surface area contributed by atoms with Gasteiger partial charge in [0.2, 0.25) is 0 Å². The fraction of sp³-hybridized carbons (Fsp3) is 0.111. The van der Waals surface area contributed by atoms with E-state index in [1.165, 1.54) is 6.39 Å². The number of oxazole rings is 1. The van der Waals surface area contributed by atoms with Crippen molar-refractivity contribution >= 4 is 33.3 Å². The molecule has 0 unspecified atom stereocenters. The van der Waals surface area contributed by atoms with Gasteiger partial charge in [0.05, 0.1) is 17.3 Å². The quantitative estimate of drug-likeness (QED) is 0.943. The van der Waals surface area contributed by atoms with Gasteiger partial charge in [-0.2, -0.15) is 0 Å².